The quantitative estimate of drug-likeness (QED) is 0.855. The summed E-state index contributed by atoms with van der Waals surface area (Å²) < 4.78 is 28.3. The van der Waals surface area contributed by atoms with Crippen molar-refractivity contribution in [2.24, 2.45) is 0 Å². The van der Waals surface area contributed by atoms with Crippen molar-refractivity contribution in [1.82, 2.24) is 5.32 Å². The van der Waals surface area contributed by atoms with E-state index in [0.717, 1.165) is 16.7 Å². The summed E-state index contributed by atoms with van der Waals surface area (Å²) in [6.45, 7) is 0.258. The fourth-order valence-corrected chi connectivity index (χ4v) is 1.99. The third kappa shape index (κ3) is 4.72. The van der Waals surface area contributed by atoms with Crippen LogP contribution in [-0.4, -0.2) is 11.7 Å². The minimum atomic E-state index is -2.81. The Morgan fingerprint density at radius 3 is 2.48 bits per heavy atom. The maximum Gasteiger partial charge on any atom is 0.387 e. The molecule has 2 N–H and O–H groups in total. The average molecular weight is 293 g/mol. The Hall–Kier alpha value is -2.14. The van der Waals surface area contributed by atoms with Crippen molar-refractivity contribution in [1.29, 1.82) is 0 Å². The van der Waals surface area contributed by atoms with Crippen LogP contribution in [0.2, 0.25) is 0 Å². The molecule has 0 radical (unpaired) electrons. The zero-order chi connectivity index (χ0) is 15.2. The Bertz CT molecular complexity index is 585. The van der Waals surface area contributed by atoms with Gasteiger partial charge in [-0.05, 0) is 30.7 Å². The molecule has 0 bridgehead atoms. The number of hydrogen-bond acceptors (Lipinski definition) is 3. The molecule has 0 saturated carbocycles. The minimum absolute atomic E-state index is 0.144. The maximum atomic E-state index is 12.0. The second-order valence-electron chi connectivity index (χ2n) is 4.76. The fraction of sp³-hybridized carbons (Fsp3) is 0.250. The van der Waals surface area contributed by atoms with E-state index in [2.05, 4.69) is 10.1 Å². The van der Waals surface area contributed by atoms with Gasteiger partial charge in [0.05, 0.1) is 0 Å². The number of benzene rings is 2. The Balaban J connectivity index is 1.87. The zero-order valence-corrected chi connectivity index (χ0v) is 11.6. The summed E-state index contributed by atoms with van der Waals surface area (Å²) in [4.78, 5) is 0. The molecule has 0 saturated heterocycles. The maximum absolute atomic E-state index is 12.0. The fourth-order valence-electron chi connectivity index (χ4n) is 1.99. The standard InChI is InChI=1S/C16H17F2NO2/c1-11-2-7-15(20)13(8-11)10-19-9-12-3-5-14(6-4-12)21-16(17)18/h2-8,16,19-20H,9-10H2,1H3. The lowest BCUT2D eigenvalue weighted by atomic mass is 10.1. The number of phenols is 1. The molecule has 0 aromatic heterocycles. The van der Waals surface area contributed by atoms with E-state index in [-0.39, 0.29) is 11.5 Å². The topological polar surface area (TPSA) is 41.5 Å². The Labute approximate surface area is 122 Å². The van der Waals surface area contributed by atoms with Crippen molar-refractivity contribution in [3.05, 3.63) is 59.2 Å². The number of rotatable bonds is 6. The molecule has 0 aliphatic rings. The lowest BCUT2D eigenvalue weighted by molar-refractivity contribution is -0.0498. The molecule has 0 aliphatic heterocycles. The molecule has 0 atom stereocenters. The van der Waals surface area contributed by atoms with Crippen LogP contribution in [0.1, 0.15) is 16.7 Å². The number of halogens is 2. The molecule has 0 fully saturated rings. The highest BCUT2D eigenvalue weighted by molar-refractivity contribution is 5.35. The van der Waals surface area contributed by atoms with Gasteiger partial charge in [-0.25, -0.2) is 0 Å². The zero-order valence-electron chi connectivity index (χ0n) is 11.6. The third-order valence-electron chi connectivity index (χ3n) is 3.03. The first kappa shape index (κ1) is 15.3. The van der Waals surface area contributed by atoms with E-state index in [4.69, 9.17) is 0 Å². The number of aromatic hydroxyl groups is 1. The van der Waals surface area contributed by atoms with Gasteiger partial charge in [0.1, 0.15) is 11.5 Å². The van der Waals surface area contributed by atoms with E-state index in [1.54, 1.807) is 18.2 Å². The van der Waals surface area contributed by atoms with E-state index >= 15 is 0 Å². The van der Waals surface area contributed by atoms with Gasteiger partial charge in [-0.1, -0.05) is 29.8 Å². The van der Waals surface area contributed by atoms with Crippen LogP contribution in [0.5, 0.6) is 11.5 Å². The largest absolute Gasteiger partial charge is 0.508 e. The van der Waals surface area contributed by atoms with Crippen LogP contribution in [0.4, 0.5) is 8.78 Å². The lowest BCUT2D eigenvalue weighted by Crippen LogP contribution is -2.13. The van der Waals surface area contributed by atoms with E-state index < -0.39 is 6.61 Å². The van der Waals surface area contributed by atoms with Gasteiger partial charge in [0.2, 0.25) is 0 Å². The summed E-state index contributed by atoms with van der Waals surface area (Å²) >= 11 is 0. The summed E-state index contributed by atoms with van der Waals surface area (Å²) in [5.74, 6) is 0.402. The molecule has 2 aromatic rings. The highest BCUT2D eigenvalue weighted by atomic mass is 19.3. The molecule has 0 unspecified atom stereocenters. The predicted molar refractivity (Wildman–Crippen MR) is 76.5 cm³/mol. The van der Waals surface area contributed by atoms with E-state index in [9.17, 15) is 13.9 Å². The molecule has 5 heteroatoms. The van der Waals surface area contributed by atoms with E-state index in [1.807, 2.05) is 19.1 Å². The van der Waals surface area contributed by atoms with E-state index in [0.29, 0.717) is 13.1 Å². The van der Waals surface area contributed by atoms with Crippen molar-refractivity contribution in [3.63, 3.8) is 0 Å². The molecule has 0 amide bonds. The van der Waals surface area contributed by atoms with Crippen LogP contribution in [0.15, 0.2) is 42.5 Å². The monoisotopic (exact) mass is 293 g/mol. The Morgan fingerprint density at radius 1 is 1.10 bits per heavy atom. The summed E-state index contributed by atoms with van der Waals surface area (Å²) in [7, 11) is 0. The van der Waals surface area contributed by atoms with Crippen molar-refractivity contribution < 1.29 is 18.6 Å². The van der Waals surface area contributed by atoms with Gasteiger partial charge in [-0.2, -0.15) is 8.78 Å². The molecule has 0 spiro atoms. The van der Waals surface area contributed by atoms with Gasteiger partial charge >= 0.3 is 6.61 Å². The van der Waals surface area contributed by atoms with Crippen molar-refractivity contribution in [2.75, 3.05) is 0 Å². The van der Waals surface area contributed by atoms with Gasteiger partial charge in [0.15, 0.2) is 0 Å². The smallest absolute Gasteiger partial charge is 0.387 e. The number of ether oxygens (including phenoxy) is 1. The van der Waals surface area contributed by atoms with Crippen molar-refractivity contribution in [2.45, 2.75) is 26.6 Å². The molecule has 0 aliphatic carbocycles. The normalized spacial score (nSPS) is 10.9. The number of hydrogen-bond donors (Lipinski definition) is 2. The molecular formula is C16H17F2NO2. The summed E-state index contributed by atoms with van der Waals surface area (Å²) in [5, 5.41) is 12.9. The van der Waals surface area contributed by atoms with E-state index in [1.165, 1.54) is 12.1 Å². The van der Waals surface area contributed by atoms with Gasteiger partial charge in [0.25, 0.3) is 0 Å². The summed E-state index contributed by atoms with van der Waals surface area (Å²) in [6.07, 6.45) is 0. The van der Waals surface area contributed by atoms with Crippen molar-refractivity contribution >= 4 is 0 Å². The van der Waals surface area contributed by atoms with Crippen LogP contribution < -0.4 is 10.1 Å². The van der Waals surface area contributed by atoms with Crippen LogP contribution in [0, 0.1) is 6.92 Å². The highest BCUT2D eigenvalue weighted by Gasteiger charge is 2.04. The first-order valence-electron chi connectivity index (χ1n) is 6.57. The second-order valence-corrected chi connectivity index (χ2v) is 4.76. The molecule has 0 heterocycles. The number of nitrogens with one attached hydrogen (secondary N) is 1. The molecular weight excluding hydrogens is 276 g/mol. The van der Waals surface area contributed by atoms with Crippen molar-refractivity contribution in [3.8, 4) is 11.5 Å². The SMILES string of the molecule is Cc1ccc(O)c(CNCc2ccc(OC(F)F)cc2)c1. The van der Waals surface area contributed by atoms with Gasteiger partial charge in [-0.15, -0.1) is 0 Å². The molecule has 2 rings (SSSR count). The molecule has 21 heavy (non-hydrogen) atoms. The first-order chi connectivity index (χ1) is 10.0. The van der Waals surface area contributed by atoms with Gasteiger partial charge in [-0.3, -0.25) is 0 Å². The van der Waals surface area contributed by atoms with Crippen LogP contribution in [0.3, 0.4) is 0 Å². The van der Waals surface area contributed by atoms with Crippen LogP contribution >= 0.6 is 0 Å². The lowest BCUT2D eigenvalue weighted by Gasteiger charge is -2.09. The van der Waals surface area contributed by atoms with Crippen LogP contribution in [-0.2, 0) is 13.1 Å². The predicted octanol–water partition coefficient (Wildman–Crippen LogP) is 3.59. The highest BCUT2D eigenvalue weighted by Crippen LogP contribution is 2.18. The summed E-state index contributed by atoms with van der Waals surface area (Å²) in [6, 6.07) is 11.9. The first-order valence-corrected chi connectivity index (χ1v) is 6.57. The Kier molecular flexibility index (Phi) is 5.11. The second kappa shape index (κ2) is 7.04. The van der Waals surface area contributed by atoms with Gasteiger partial charge in [0, 0.05) is 18.7 Å². The number of phenolic OH excluding ortho intramolecular Hbond substituents is 1. The van der Waals surface area contributed by atoms with Gasteiger partial charge < -0.3 is 15.2 Å². The Morgan fingerprint density at radius 2 is 1.81 bits per heavy atom. The number of aryl methyl sites for hydroxylation is 1. The van der Waals surface area contributed by atoms with Crippen LogP contribution in [0.25, 0.3) is 0 Å². The minimum Gasteiger partial charge on any atom is -0.508 e. The molecule has 3 nitrogen and oxygen atoms in total. The summed E-state index contributed by atoms with van der Waals surface area (Å²) in [5.41, 5.74) is 2.86. The number of alkyl halides is 2. The third-order valence-corrected chi connectivity index (χ3v) is 3.03. The molecule has 112 valence electrons. The molecule has 2 aromatic carbocycles. The average Bonchev–Trinajstić information content (AvgIpc) is 2.44.